The minimum Gasteiger partial charge on any atom is -0.463 e. The predicted molar refractivity (Wildman–Crippen MR) is 323 cm³/mol. The van der Waals surface area contributed by atoms with Crippen molar-refractivity contribution in [3.05, 3.63) is 0 Å². The molecule has 0 rings (SSSR count). The molecule has 23 nitrogen and oxygen atoms in total. The molecule has 0 bridgehead atoms. The SMILES string of the molecule is CCCCCC(CC)OC(=O)OCCOC(=O)CCN(CCCN(C)CCCN(CCC(=O)OCCOC(=O)OC(CC)CCCCC)CCC(=O)OCCOC(=O)OC(CC)CCCCC)CCC(=O)OCCOO.CCCCCC(O)CC. The average molecular weight is 1220 g/mol. The standard InChI is InChI=1S/C54H99N3O19.C8H18O/c1-8-14-17-22-45(11-4)74-52(62)70-40-37-66-48(58)25-33-56(34-26-49(59)67-38-41-71-53(63)75-46(12-5)23-18-15-9-2)31-20-29-55(7)30-21-32-57(36-28-51(61)69-43-44-73-65)35-27-50(60)68-39-42-72-54(64)76-47(13-6)24-19-16-10-3;1-3-5-6-7-8(9)4-2/h45-47,65H,8-44H2,1-7H3;8-9H,3-7H2,1-2H3. The van der Waals surface area contributed by atoms with Crippen molar-refractivity contribution >= 4 is 42.3 Å². The van der Waals surface area contributed by atoms with Gasteiger partial charge in [-0.3, -0.25) is 24.4 Å². The van der Waals surface area contributed by atoms with Crippen molar-refractivity contribution in [2.75, 3.05) is 112 Å². The van der Waals surface area contributed by atoms with E-state index in [1.807, 2.05) is 44.5 Å². The average Bonchev–Trinajstić information content (AvgIpc) is 3.50. The fourth-order valence-corrected chi connectivity index (χ4v) is 8.48. The number of ether oxygens (including phenoxy) is 10. The Balaban J connectivity index is 0. The highest BCUT2D eigenvalue weighted by Gasteiger charge is 2.19. The fraction of sp³-hybridized carbons (Fsp3) is 0.887. The maximum Gasteiger partial charge on any atom is 0.508 e. The number of esters is 4. The molecule has 0 aliphatic heterocycles. The second kappa shape index (κ2) is 59.8. The third-order valence-corrected chi connectivity index (χ3v) is 13.8. The highest BCUT2D eigenvalue weighted by Crippen LogP contribution is 2.14. The van der Waals surface area contributed by atoms with Crippen LogP contribution >= 0.6 is 0 Å². The summed E-state index contributed by atoms with van der Waals surface area (Å²) < 4.78 is 52.5. The number of aliphatic hydroxyl groups is 1. The smallest absolute Gasteiger partial charge is 0.463 e. The van der Waals surface area contributed by atoms with Crippen LogP contribution in [0.25, 0.3) is 0 Å². The van der Waals surface area contributed by atoms with Crippen LogP contribution < -0.4 is 0 Å². The Kier molecular flexibility index (Phi) is 58.0. The molecular weight excluding hydrogens is 1110 g/mol. The molecule has 0 aromatic heterocycles. The lowest BCUT2D eigenvalue weighted by molar-refractivity contribution is -0.248. The summed E-state index contributed by atoms with van der Waals surface area (Å²) in [5.41, 5.74) is 0. The van der Waals surface area contributed by atoms with Crippen LogP contribution in [-0.2, 0) is 71.4 Å². The van der Waals surface area contributed by atoms with Crippen molar-refractivity contribution < 1.29 is 96.2 Å². The van der Waals surface area contributed by atoms with Gasteiger partial charge in [-0.2, -0.15) is 0 Å². The van der Waals surface area contributed by atoms with Crippen LogP contribution in [0, 0.1) is 0 Å². The number of aliphatic hydroxyl groups excluding tert-OH is 1. The molecule has 2 N–H and O–H groups in total. The van der Waals surface area contributed by atoms with E-state index in [9.17, 15) is 33.6 Å². The zero-order valence-electron chi connectivity index (χ0n) is 54.1. The Hall–Kier alpha value is -4.55. The van der Waals surface area contributed by atoms with Crippen molar-refractivity contribution in [1.29, 1.82) is 0 Å². The van der Waals surface area contributed by atoms with Gasteiger partial charge in [0, 0.05) is 26.2 Å². The Bertz CT molecular complexity index is 1590. The minimum atomic E-state index is -0.797. The van der Waals surface area contributed by atoms with Gasteiger partial charge in [0.15, 0.2) is 0 Å². The summed E-state index contributed by atoms with van der Waals surface area (Å²) in [7, 11) is 1.97. The molecule has 85 heavy (non-hydrogen) atoms. The molecule has 0 aromatic carbocycles. The third-order valence-electron chi connectivity index (χ3n) is 13.8. The molecule has 0 aromatic rings. The van der Waals surface area contributed by atoms with Crippen LogP contribution in [0.5, 0.6) is 0 Å². The molecule has 4 atom stereocenters. The van der Waals surface area contributed by atoms with Gasteiger partial charge in [-0.1, -0.05) is 113 Å². The van der Waals surface area contributed by atoms with Crippen LogP contribution in [-0.4, -0.2) is 204 Å². The molecule has 0 spiro atoms. The molecule has 4 unspecified atom stereocenters. The Morgan fingerprint density at radius 1 is 0.341 bits per heavy atom. The molecule has 0 amide bonds. The highest BCUT2D eigenvalue weighted by atomic mass is 17.1. The predicted octanol–water partition coefficient (Wildman–Crippen LogP) is 11.4. The monoisotopic (exact) mass is 1220 g/mol. The maximum atomic E-state index is 12.8. The van der Waals surface area contributed by atoms with Gasteiger partial charge in [-0.25, -0.2) is 19.3 Å². The molecule has 500 valence electrons. The quantitative estimate of drug-likeness (QED) is 0.0188. The van der Waals surface area contributed by atoms with Crippen LogP contribution in [0.1, 0.15) is 222 Å². The summed E-state index contributed by atoms with van der Waals surface area (Å²) >= 11 is 0. The second-order valence-electron chi connectivity index (χ2n) is 21.2. The Morgan fingerprint density at radius 3 is 0.894 bits per heavy atom. The molecular formula is C62H117N3O20. The normalized spacial score (nSPS) is 12.5. The van der Waals surface area contributed by atoms with E-state index in [4.69, 9.17) is 57.7 Å². The fourth-order valence-electron chi connectivity index (χ4n) is 8.48. The maximum absolute atomic E-state index is 12.8. The van der Waals surface area contributed by atoms with E-state index in [2.05, 4.69) is 37.5 Å². The lowest BCUT2D eigenvalue weighted by atomic mass is 10.1. The van der Waals surface area contributed by atoms with Gasteiger partial charge >= 0.3 is 42.3 Å². The molecule has 23 heteroatoms. The first-order valence-electron chi connectivity index (χ1n) is 32.2. The van der Waals surface area contributed by atoms with Crippen molar-refractivity contribution in [3.63, 3.8) is 0 Å². The van der Waals surface area contributed by atoms with E-state index >= 15 is 0 Å². The Labute approximate surface area is 510 Å². The topological polar surface area (TPSA) is 271 Å². The molecule has 0 radical (unpaired) electrons. The van der Waals surface area contributed by atoms with Crippen LogP contribution in [0.4, 0.5) is 14.4 Å². The van der Waals surface area contributed by atoms with E-state index in [0.717, 1.165) is 89.9 Å². The highest BCUT2D eigenvalue weighted by molar-refractivity contribution is 5.71. The van der Waals surface area contributed by atoms with Crippen molar-refractivity contribution in [1.82, 2.24) is 14.7 Å². The lowest BCUT2D eigenvalue weighted by Gasteiger charge is -2.25. The van der Waals surface area contributed by atoms with Gasteiger partial charge in [-0.15, -0.1) is 0 Å². The second-order valence-corrected chi connectivity index (χ2v) is 21.2. The third kappa shape index (κ3) is 54.6. The summed E-state index contributed by atoms with van der Waals surface area (Å²) in [6.45, 7) is 18.8. The minimum absolute atomic E-state index is 0.0189. The zero-order chi connectivity index (χ0) is 63.6. The van der Waals surface area contributed by atoms with Gasteiger partial charge in [0.1, 0.15) is 71.2 Å². The van der Waals surface area contributed by atoms with E-state index in [0.29, 0.717) is 71.4 Å². The number of unbranched alkanes of at least 4 members (excludes halogenated alkanes) is 8. The molecule has 0 aliphatic rings. The first kappa shape index (κ1) is 82.5. The largest absolute Gasteiger partial charge is 0.508 e. The summed E-state index contributed by atoms with van der Waals surface area (Å²) in [6, 6.07) is 0. The molecule has 0 saturated carbocycles. The van der Waals surface area contributed by atoms with E-state index < -0.39 is 42.3 Å². The first-order valence-corrected chi connectivity index (χ1v) is 32.2. The van der Waals surface area contributed by atoms with Crippen LogP contribution in [0.2, 0.25) is 0 Å². The number of hydrogen-bond donors (Lipinski definition) is 2. The molecule has 0 fully saturated rings. The molecule has 0 heterocycles. The summed E-state index contributed by atoms with van der Waals surface area (Å²) in [5.74, 6) is -1.97. The molecule has 0 saturated heterocycles. The van der Waals surface area contributed by atoms with E-state index in [-0.39, 0.29) is 116 Å². The lowest BCUT2D eigenvalue weighted by Crippen LogP contribution is -2.34. The van der Waals surface area contributed by atoms with Gasteiger partial charge in [-0.05, 0) is 117 Å². The van der Waals surface area contributed by atoms with E-state index in [1.165, 1.54) is 19.3 Å². The van der Waals surface area contributed by atoms with Crippen molar-refractivity contribution in [2.24, 2.45) is 0 Å². The zero-order valence-corrected chi connectivity index (χ0v) is 54.1. The number of carbonyl (C=O) groups is 7. The number of rotatable bonds is 55. The number of hydrogen-bond acceptors (Lipinski definition) is 23. The van der Waals surface area contributed by atoms with Crippen molar-refractivity contribution in [2.45, 2.75) is 247 Å². The summed E-state index contributed by atoms with van der Waals surface area (Å²) in [6.07, 6.45) is 17.5. The summed E-state index contributed by atoms with van der Waals surface area (Å²) in [5, 5.41) is 17.6. The van der Waals surface area contributed by atoms with Gasteiger partial charge in [0.2, 0.25) is 0 Å². The number of carbonyl (C=O) groups excluding carboxylic acids is 7. The van der Waals surface area contributed by atoms with Crippen LogP contribution in [0.3, 0.4) is 0 Å². The number of nitrogens with zero attached hydrogens (tertiary/aromatic N) is 3. The van der Waals surface area contributed by atoms with Crippen LogP contribution in [0.15, 0.2) is 0 Å². The Morgan fingerprint density at radius 2 is 0.624 bits per heavy atom. The van der Waals surface area contributed by atoms with Gasteiger partial charge < -0.3 is 67.2 Å². The van der Waals surface area contributed by atoms with E-state index in [1.54, 1.807) is 0 Å². The van der Waals surface area contributed by atoms with Crippen molar-refractivity contribution in [3.8, 4) is 0 Å². The van der Waals surface area contributed by atoms with Gasteiger partial charge in [0.25, 0.3) is 0 Å². The first-order chi connectivity index (χ1) is 41.0. The van der Waals surface area contributed by atoms with Gasteiger partial charge in [0.05, 0.1) is 31.8 Å². The summed E-state index contributed by atoms with van der Waals surface area (Å²) in [4.78, 5) is 97.0. The molecule has 0 aliphatic carbocycles.